The number of halogens is 3. The summed E-state index contributed by atoms with van der Waals surface area (Å²) in [6.45, 7) is 0. The number of aliphatic hydroxyl groups excluding tert-OH is 1. The number of aromatic nitrogens is 2. The largest absolute Gasteiger partial charge is 0.482 e. The van der Waals surface area contributed by atoms with Crippen molar-refractivity contribution in [2.45, 2.75) is 49.9 Å². The van der Waals surface area contributed by atoms with Crippen LogP contribution in [0.25, 0.3) is 5.69 Å². The van der Waals surface area contributed by atoms with Crippen molar-refractivity contribution >= 4 is 34.9 Å². The molecule has 0 spiro atoms. The van der Waals surface area contributed by atoms with Gasteiger partial charge in [0.2, 0.25) is 0 Å². The van der Waals surface area contributed by atoms with E-state index in [1.807, 2.05) is 0 Å². The first-order valence-electron chi connectivity index (χ1n) is 11.6. The topological polar surface area (TPSA) is 93.5 Å². The Balaban J connectivity index is 1.04. The van der Waals surface area contributed by atoms with Crippen molar-refractivity contribution < 1.29 is 23.8 Å². The fraction of sp³-hybridized carbons (Fsp3) is 0.346. The number of amides is 1. The monoisotopic (exact) mass is 529 g/mol. The number of hydrogen-bond donors (Lipinski definition) is 2. The molecule has 2 atom stereocenters. The smallest absolute Gasteiger partial charge is 0.254 e. The number of rotatable bonds is 6. The summed E-state index contributed by atoms with van der Waals surface area (Å²) in [6, 6.07) is 9.31. The summed E-state index contributed by atoms with van der Waals surface area (Å²) in [4.78, 5) is 25.8. The Morgan fingerprint density at radius 1 is 1.19 bits per heavy atom. The first-order valence-corrected chi connectivity index (χ1v) is 12.4. The molecule has 1 amide bonds. The van der Waals surface area contributed by atoms with Gasteiger partial charge >= 0.3 is 0 Å². The van der Waals surface area contributed by atoms with E-state index in [0.717, 1.165) is 19.3 Å². The van der Waals surface area contributed by atoms with Crippen LogP contribution in [0, 0.1) is 11.2 Å². The molecule has 2 bridgehead atoms. The van der Waals surface area contributed by atoms with Gasteiger partial charge in [-0.15, -0.1) is 0 Å². The highest BCUT2D eigenvalue weighted by Gasteiger charge is 2.68. The van der Waals surface area contributed by atoms with Crippen molar-refractivity contribution in [2.24, 2.45) is 5.41 Å². The van der Waals surface area contributed by atoms with E-state index in [4.69, 9.17) is 27.9 Å². The van der Waals surface area contributed by atoms with E-state index >= 15 is 0 Å². The minimum atomic E-state index is -0.801. The molecule has 3 aromatic rings. The van der Waals surface area contributed by atoms with E-state index in [1.165, 1.54) is 23.0 Å². The summed E-state index contributed by atoms with van der Waals surface area (Å²) in [6.07, 6.45) is 4.18. The van der Waals surface area contributed by atoms with Crippen LogP contribution >= 0.6 is 23.2 Å². The van der Waals surface area contributed by atoms with Gasteiger partial charge in [-0.2, -0.15) is 5.10 Å². The molecule has 2 heterocycles. The Labute approximate surface area is 216 Å². The fourth-order valence-electron chi connectivity index (χ4n) is 5.94. The maximum absolute atomic E-state index is 13.8. The van der Waals surface area contributed by atoms with Gasteiger partial charge in [-0.25, -0.2) is 9.07 Å². The van der Waals surface area contributed by atoms with Gasteiger partial charge in [-0.1, -0.05) is 23.2 Å². The van der Waals surface area contributed by atoms with Crippen LogP contribution in [0.5, 0.6) is 5.75 Å². The molecule has 4 aliphatic rings. The fourth-order valence-corrected chi connectivity index (χ4v) is 6.24. The second-order valence-corrected chi connectivity index (χ2v) is 11.1. The molecular formula is C26H22Cl2FN3O4. The van der Waals surface area contributed by atoms with Crippen LogP contribution in [0.4, 0.5) is 4.39 Å². The van der Waals surface area contributed by atoms with Crippen LogP contribution in [0.15, 0.2) is 48.8 Å². The number of nitrogens with zero attached hydrogens (tertiary/aromatic N) is 2. The van der Waals surface area contributed by atoms with E-state index in [2.05, 4.69) is 10.4 Å². The molecule has 36 heavy (non-hydrogen) atoms. The normalized spacial score (nSPS) is 27.8. The van der Waals surface area contributed by atoms with Gasteiger partial charge < -0.3 is 15.2 Å². The molecule has 2 N–H and O–H groups in total. The Morgan fingerprint density at radius 2 is 1.97 bits per heavy atom. The lowest BCUT2D eigenvalue weighted by Gasteiger charge is -2.70. The van der Waals surface area contributed by atoms with Crippen LogP contribution in [0.2, 0.25) is 10.0 Å². The van der Waals surface area contributed by atoms with Crippen molar-refractivity contribution in [3.8, 4) is 11.4 Å². The summed E-state index contributed by atoms with van der Waals surface area (Å²) >= 11 is 11.7. The maximum atomic E-state index is 13.8. The second-order valence-electron chi connectivity index (χ2n) is 10.2. The lowest BCUT2D eigenvalue weighted by Crippen LogP contribution is -2.75. The van der Waals surface area contributed by atoms with Crippen LogP contribution < -0.4 is 10.1 Å². The third-order valence-electron chi connectivity index (χ3n) is 7.48. The zero-order valence-electron chi connectivity index (χ0n) is 19.0. The van der Waals surface area contributed by atoms with Crippen molar-refractivity contribution in [2.75, 3.05) is 0 Å². The molecule has 0 saturated heterocycles. The van der Waals surface area contributed by atoms with Crippen LogP contribution in [-0.4, -0.2) is 38.2 Å². The van der Waals surface area contributed by atoms with Crippen molar-refractivity contribution in [1.82, 2.24) is 15.1 Å². The van der Waals surface area contributed by atoms with E-state index in [0.29, 0.717) is 34.0 Å². The number of carbonyl (C=O) groups is 2. The highest BCUT2D eigenvalue weighted by atomic mass is 35.5. The van der Waals surface area contributed by atoms with E-state index < -0.39 is 18.0 Å². The second kappa shape index (κ2) is 8.30. The van der Waals surface area contributed by atoms with Crippen LogP contribution in [0.3, 0.4) is 0 Å². The first-order chi connectivity index (χ1) is 17.1. The number of ether oxygens (including phenoxy) is 1. The summed E-state index contributed by atoms with van der Waals surface area (Å²) in [5, 5.41) is 18.2. The molecule has 186 valence electrons. The van der Waals surface area contributed by atoms with Gasteiger partial charge in [0.05, 0.1) is 28.6 Å². The Hall–Kier alpha value is -2.94. The van der Waals surface area contributed by atoms with E-state index in [1.54, 1.807) is 30.5 Å². The highest BCUT2D eigenvalue weighted by molar-refractivity contribution is 6.31. The minimum Gasteiger partial charge on any atom is -0.482 e. The molecule has 7 nitrogen and oxygen atoms in total. The number of aliphatic hydroxyl groups is 1. The number of ketones is 1. The lowest BCUT2D eigenvalue weighted by molar-refractivity contribution is -0.166. The molecule has 3 fully saturated rings. The number of Topliss-reactive ketones (excluding diaryl/α,β-unsaturated/α-hetero) is 1. The highest BCUT2D eigenvalue weighted by Crippen LogP contribution is 2.69. The molecule has 10 heteroatoms. The zero-order valence-corrected chi connectivity index (χ0v) is 20.5. The predicted molar refractivity (Wildman–Crippen MR) is 130 cm³/mol. The molecule has 3 aliphatic carbocycles. The van der Waals surface area contributed by atoms with E-state index in [-0.39, 0.29) is 34.1 Å². The Bertz CT molecular complexity index is 1390. The van der Waals surface area contributed by atoms with Gasteiger partial charge in [0.15, 0.2) is 11.9 Å². The van der Waals surface area contributed by atoms with Gasteiger partial charge in [-0.05, 0) is 55.0 Å². The summed E-state index contributed by atoms with van der Waals surface area (Å²) in [5.74, 6) is -0.374. The summed E-state index contributed by atoms with van der Waals surface area (Å²) < 4.78 is 21.0. The average Bonchev–Trinajstić information content (AvgIpc) is 3.29. The zero-order chi connectivity index (χ0) is 25.2. The van der Waals surface area contributed by atoms with Crippen molar-refractivity contribution in [3.05, 3.63) is 75.8 Å². The SMILES string of the molecule is O=C(NC12CC(CC(=O)[C@H]3C[C@@H](O)c4cc(Cl)ccc4O3)(C1)C2)c1cnn(-c2ccc(Cl)c(F)c2)c1. The first kappa shape index (κ1) is 23.5. The Morgan fingerprint density at radius 3 is 2.72 bits per heavy atom. The quantitative estimate of drug-likeness (QED) is 0.477. The summed E-state index contributed by atoms with van der Waals surface area (Å²) in [7, 11) is 0. The average molecular weight is 530 g/mol. The van der Waals surface area contributed by atoms with Gasteiger partial charge in [0.25, 0.3) is 5.91 Å². The number of carbonyl (C=O) groups excluding carboxylic acids is 2. The summed E-state index contributed by atoms with van der Waals surface area (Å²) in [5.41, 5.74) is 0.970. The molecule has 0 radical (unpaired) electrons. The van der Waals surface area contributed by atoms with Gasteiger partial charge in [-0.3, -0.25) is 9.59 Å². The van der Waals surface area contributed by atoms with Gasteiger partial charge in [0, 0.05) is 41.2 Å². The molecule has 3 saturated carbocycles. The standard InChI is InChI=1S/C26H22Cl2FN3O4/c27-15-1-4-22-17(5-15)20(33)7-23(36-22)21(34)8-25-11-26(12-25,13-25)31-24(35)14-9-30-32(10-14)16-2-3-18(28)19(29)6-16/h1-6,9-10,20,23,33H,7-8,11-13H2,(H,31,35)/t20-,23-,25?,26?/m1/s1. The predicted octanol–water partition coefficient (Wildman–Crippen LogP) is 4.81. The van der Waals surface area contributed by atoms with Crippen LogP contribution in [0.1, 0.15) is 54.1 Å². The van der Waals surface area contributed by atoms with Crippen molar-refractivity contribution in [3.63, 3.8) is 0 Å². The molecule has 0 unspecified atom stereocenters. The third kappa shape index (κ3) is 3.97. The number of hydrogen-bond acceptors (Lipinski definition) is 5. The number of nitrogens with one attached hydrogen (secondary N) is 1. The third-order valence-corrected chi connectivity index (χ3v) is 8.02. The van der Waals surface area contributed by atoms with Crippen LogP contribution in [-0.2, 0) is 4.79 Å². The molecule has 1 aliphatic heterocycles. The van der Waals surface area contributed by atoms with Gasteiger partial charge in [0.1, 0.15) is 11.6 Å². The lowest BCUT2D eigenvalue weighted by atomic mass is 9.38. The number of fused-ring (bicyclic) bond motifs is 1. The molecule has 2 aromatic carbocycles. The minimum absolute atomic E-state index is 0.0147. The molecular weight excluding hydrogens is 508 g/mol. The molecule has 1 aromatic heterocycles. The van der Waals surface area contributed by atoms with E-state index in [9.17, 15) is 19.1 Å². The van der Waals surface area contributed by atoms with Crippen molar-refractivity contribution in [1.29, 1.82) is 0 Å². The Kier molecular flexibility index (Phi) is 5.41. The maximum Gasteiger partial charge on any atom is 0.254 e. The molecule has 7 rings (SSSR count). The number of benzene rings is 2.